The average molecular weight is 456 g/mol. The Hall–Kier alpha value is -1.06. The van der Waals surface area contributed by atoms with Gasteiger partial charge in [0.05, 0.1) is 17.5 Å². The molecule has 0 radical (unpaired) electrons. The molecule has 0 bridgehead atoms. The molecular weight excluding hydrogens is 406 g/mol. The number of fused-ring (bicyclic) bond motifs is 3. The Morgan fingerprint density at radius 1 is 1.12 bits per heavy atom. The highest BCUT2D eigenvalue weighted by Gasteiger charge is 2.52. The van der Waals surface area contributed by atoms with Crippen LogP contribution < -0.4 is 0 Å². The van der Waals surface area contributed by atoms with Crippen molar-refractivity contribution in [1.29, 1.82) is 0 Å². The van der Waals surface area contributed by atoms with Crippen molar-refractivity contribution < 1.29 is 9.84 Å². The van der Waals surface area contributed by atoms with Gasteiger partial charge in [0.2, 0.25) is 0 Å². The van der Waals surface area contributed by atoms with Crippen LogP contribution in [-0.2, 0) is 4.74 Å². The van der Waals surface area contributed by atoms with Crippen LogP contribution in [0.4, 0.5) is 0 Å². The van der Waals surface area contributed by atoms with Gasteiger partial charge in [0.15, 0.2) is 0 Å². The Morgan fingerprint density at radius 2 is 1.88 bits per heavy atom. The minimum Gasteiger partial charge on any atom is -0.512 e. The van der Waals surface area contributed by atoms with Crippen LogP contribution in [-0.4, -0.2) is 41.3 Å². The van der Waals surface area contributed by atoms with E-state index in [2.05, 4.69) is 57.7 Å². The Morgan fingerprint density at radius 3 is 2.61 bits per heavy atom. The molecule has 0 aromatic carbocycles. The molecule has 2 unspecified atom stereocenters. The summed E-state index contributed by atoms with van der Waals surface area (Å²) in [7, 11) is 0. The maximum absolute atomic E-state index is 11.4. The Balaban J connectivity index is 1.50. The van der Waals surface area contributed by atoms with E-state index in [1.807, 2.05) is 0 Å². The number of aliphatic hydroxyl groups is 1. The van der Waals surface area contributed by atoms with Gasteiger partial charge in [-0.15, -0.1) is 0 Å². The van der Waals surface area contributed by atoms with E-state index in [4.69, 9.17) is 4.74 Å². The zero-order chi connectivity index (χ0) is 23.6. The summed E-state index contributed by atoms with van der Waals surface area (Å²) >= 11 is 0. The van der Waals surface area contributed by atoms with E-state index in [1.54, 1.807) is 5.57 Å². The first-order valence-corrected chi connectivity index (χ1v) is 13.9. The van der Waals surface area contributed by atoms with Crippen molar-refractivity contribution in [2.75, 3.05) is 19.6 Å². The zero-order valence-corrected chi connectivity index (χ0v) is 22.0. The van der Waals surface area contributed by atoms with E-state index in [9.17, 15) is 5.11 Å². The molecule has 0 spiro atoms. The maximum Gasteiger partial charge on any atom is 0.0988 e. The lowest BCUT2D eigenvalue weighted by Gasteiger charge is -2.54. The summed E-state index contributed by atoms with van der Waals surface area (Å²) < 4.78 is 6.75. The minimum atomic E-state index is -0.163. The van der Waals surface area contributed by atoms with Crippen molar-refractivity contribution in [1.82, 2.24) is 4.90 Å². The van der Waals surface area contributed by atoms with Crippen LogP contribution in [0.2, 0.25) is 0 Å². The minimum absolute atomic E-state index is 0.00879. The first-order valence-electron chi connectivity index (χ1n) is 13.9. The third-order valence-corrected chi connectivity index (χ3v) is 9.12. The van der Waals surface area contributed by atoms with E-state index in [-0.39, 0.29) is 23.0 Å². The highest BCUT2D eigenvalue weighted by Crippen LogP contribution is 2.53. The van der Waals surface area contributed by atoms with Gasteiger partial charge in [-0.3, -0.25) is 4.90 Å². The number of piperidine rings is 1. The summed E-state index contributed by atoms with van der Waals surface area (Å²) in [5.74, 6) is 1.61. The van der Waals surface area contributed by atoms with Crippen molar-refractivity contribution in [3.8, 4) is 0 Å². The molecule has 4 rings (SSSR count). The Bertz CT molecular complexity index is 768. The summed E-state index contributed by atoms with van der Waals surface area (Å²) in [6.45, 7) is 15.1. The van der Waals surface area contributed by atoms with Gasteiger partial charge in [-0.25, -0.2) is 0 Å². The lowest BCUT2D eigenvalue weighted by atomic mass is 9.61. The van der Waals surface area contributed by atoms with Gasteiger partial charge in [-0.05, 0) is 87.9 Å². The second-order valence-corrected chi connectivity index (χ2v) is 12.5. The van der Waals surface area contributed by atoms with Crippen molar-refractivity contribution >= 4 is 0 Å². The van der Waals surface area contributed by atoms with Crippen molar-refractivity contribution in [3.05, 3.63) is 35.1 Å². The monoisotopic (exact) mass is 455 g/mol. The predicted molar refractivity (Wildman–Crippen MR) is 138 cm³/mol. The van der Waals surface area contributed by atoms with Crippen LogP contribution in [0, 0.1) is 23.2 Å². The number of allylic oxidation sites excluding steroid dienone is 3. The van der Waals surface area contributed by atoms with E-state index in [1.165, 1.54) is 63.6 Å². The van der Waals surface area contributed by atoms with Crippen LogP contribution >= 0.6 is 0 Å². The Kier molecular flexibility index (Phi) is 7.80. The number of hydrogen-bond acceptors (Lipinski definition) is 3. The van der Waals surface area contributed by atoms with E-state index < -0.39 is 0 Å². The highest BCUT2D eigenvalue weighted by molar-refractivity contribution is 5.36. The van der Waals surface area contributed by atoms with Gasteiger partial charge < -0.3 is 9.84 Å². The summed E-state index contributed by atoms with van der Waals surface area (Å²) in [4.78, 5) is 2.65. The van der Waals surface area contributed by atoms with Crippen molar-refractivity contribution in [2.45, 2.75) is 111 Å². The molecular formula is C30H49NO2. The molecule has 0 saturated carbocycles. The second kappa shape index (κ2) is 10.3. The number of hydrogen-bond donors (Lipinski definition) is 1. The quantitative estimate of drug-likeness (QED) is 0.302. The maximum atomic E-state index is 11.4. The average Bonchev–Trinajstić information content (AvgIpc) is 2.76. The van der Waals surface area contributed by atoms with Gasteiger partial charge in [0.25, 0.3) is 0 Å². The van der Waals surface area contributed by atoms with Crippen molar-refractivity contribution in [3.63, 3.8) is 0 Å². The normalized spacial score (nSPS) is 32.3. The fourth-order valence-electron chi connectivity index (χ4n) is 7.03. The third-order valence-electron chi connectivity index (χ3n) is 9.12. The molecule has 0 amide bonds. The number of rotatable bonds is 8. The fraction of sp³-hybridized carbons (Fsp3) is 0.800. The lowest BCUT2D eigenvalue weighted by Crippen LogP contribution is -2.55. The molecule has 3 nitrogen and oxygen atoms in total. The first-order chi connectivity index (χ1) is 15.7. The SMILES string of the molecule is CCCCCCC(C)(C)C1=CC2OC(C)(C)[C@H]3CC=C(CN4CCCCC4)CC3[C@@H]2C(O)=C1. The molecule has 2 fully saturated rings. The molecule has 2 aliphatic heterocycles. The smallest absolute Gasteiger partial charge is 0.0988 e. The van der Waals surface area contributed by atoms with Gasteiger partial charge >= 0.3 is 0 Å². The summed E-state index contributed by atoms with van der Waals surface area (Å²) in [5.41, 5.74) is 2.77. The molecule has 2 saturated heterocycles. The van der Waals surface area contributed by atoms with E-state index in [0.717, 1.165) is 25.8 Å². The second-order valence-electron chi connectivity index (χ2n) is 12.5. The van der Waals surface area contributed by atoms with Crippen LogP contribution in [0.1, 0.15) is 98.8 Å². The van der Waals surface area contributed by atoms with E-state index >= 15 is 0 Å². The summed E-state index contributed by atoms with van der Waals surface area (Å²) in [6.07, 6.45) is 19.6. The molecule has 2 heterocycles. The van der Waals surface area contributed by atoms with Crippen LogP contribution in [0.25, 0.3) is 0 Å². The first kappa shape index (κ1) is 25.0. The molecule has 0 aromatic heterocycles. The number of ether oxygens (including phenoxy) is 1. The van der Waals surface area contributed by atoms with Crippen molar-refractivity contribution in [2.24, 2.45) is 23.2 Å². The summed E-state index contributed by atoms with van der Waals surface area (Å²) in [5, 5.41) is 11.4. The van der Waals surface area contributed by atoms with Crippen LogP contribution in [0.15, 0.2) is 35.1 Å². The predicted octanol–water partition coefficient (Wildman–Crippen LogP) is 7.60. The van der Waals surface area contributed by atoms with Gasteiger partial charge in [0.1, 0.15) is 0 Å². The molecule has 186 valence electrons. The highest BCUT2D eigenvalue weighted by atomic mass is 16.5. The van der Waals surface area contributed by atoms with Gasteiger partial charge in [0, 0.05) is 12.5 Å². The largest absolute Gasteiger partial charge is 0.512 e. The topological polar surface area (TPSA) is 32.7 Å². The molecule has 3 heteroatoms. The third kappa shape index (κ3) is 5.61. The van der Waals surface area contributed by atoms with Gasteiger partial charge in [-0.2, -0.15) is 0 Å². The van der Waals surface area contributed by atoms with Crippen LogP contribution in [0.3, 0.4) is 0 Å². The van der Waals surface area contributed by atoms with Gasteiger partial charge in [-0.1, -0.05) is 70.6 Å². The molecule has 0 aromatic rings. The molecule has 4 atom stereocenters. The number of nitrogens with zero attached hydrogens (tertiary/aromatic N) is 1. The van der Waals surface area contributed by atoms with E-state index in [0.29, 0.717) is 17.6 Å². The number of likely N-dealkylation sites (tertiary alicyclic amines) is 1. The van der Waals surface area contributed by atoms with Crippen LogP contribution in [0.5, 0.6) is 0 Å². The fourth-order valence-corrected chi connectivity index (χ4v) is 7.03. The molecule has 1 N–H and O–H groups in total. The zero-order valence-electron chi connectivity index (χ0n) is 22.0. The molecule has 2 aliphatic carbocycles. The number of aliphatic hydroxyl groups excluding tert-OH is 1. The number of unbranched alkanes of at least 4 members (excludes halogenated alkanes) is 3. The molecule has 33 heavy (non-hydrogen) atoms. The lowest BCUT2D eigenvalue weighted by molar-refractivity contribution is -0.177. The summed E-state index contributed by atoms with van der Waals surface area (Å²) in [6, 6.07) is 0. The molecule has 4 aliphatic rings. The Labute approximate surface area is 203 Å². The standard InChI is InChI=1S/C30H49NO2/c1-6-7-8-10-15-29(2,3)23-19-26(32)28-24-18-22(21-31-16-11-9-12-17-31)13-14-25(24)30(4,5)33-27(28)20-23/h13,19-20,24-25,27-28,32H,6-12,14-18,21H2,1-5H3/t24?,25-,27?,28+/m0/s1.